The van der Waals surface area contributed by atoms with E-state index in [2.05, 4.69) is 5.32 Å². The van der Waals surface area contributed by atoms with Crippen LogP contribution in [0.4, 0.5) is 4.79 Å². The monoisotopic (exact) mass is 390 g/mol. The summed E-state index contributed by atoms with van der Waals surface area (Å²) >= 11 is 1.15. The summed E-state index contributed by atoms with van der Waals surface area (Å²) in [6.45, 7) is 1.36. The van der Waals surface area contributed by atoms with Crippen molar-refractivity contribution in [1.29, 1.82) is 0 Å². The predicted molar refractivity (Wildman–Crippen MR) is 104 cm³/mol. The topological polar surface area (TPSA) is 78.9 Å². The van der Waals surface area contributed by atoms with E-state index in [-0.39, 0.29) is 11.1 Å². The van der Waals surface area contributed by atoms with Crippen molar-refractivity contribution in [2.24, 2.45) is 5.92 Å². The lowest BCUT2D eigenvalue weighted by Crippen LogP contribution is -2.45. The van der Waals surface area contributed by atoms with Gasteiger partial charge < -0.3 is 20.1 Å². The number of nitrogens with one attached hydrogen (secondary N) is 1. The van der Waals surface area contributed by atoms with Gasteiger partial charge in [0.25, 0.3) is 5.24 Å². The summed E-state index contributed by atoms with van der Waals surface area (Å²) in [6, 6.07) is 5.39. The fraction of sp³-hybridized carbons (Fsp3) is 0.600. The first-order chi connectivity index (χ1) is 13.1. The minimum absolute atomic E-state index is 0.0666. The largest absolute Gasteiger partial charge is 0.491 e. The van der Waals surface area contributed by atoms with Crippen LogP contribution < -0.4 is 10.1 Å². The molecule has 1 unspecified atom stereocenters. The highest BCUT2D eigenvalue weighted by Crippen LogP contribution is 2.36. The molecule has 2 fully saturated rings. The average Bonchev–Trinajstić information content (AvgIpc) is 3.02. The van der Waals surface area contributed by atoms with E-state index in [1.54, 1.807) is 4.90 Å². The standard InChI is InChI=1S/C20H26N2O4S/c23-18(13-4-2-1-3-5-13)14-6-7-17-15(10-14)11-22(8-9-26-17)19(24)16-12-27-20(25)21-16/h6-7,10,13,16,18,23H,1-5,8-9,11-12H2,(H,21,25)/t16-,18?/m0/s1. The first-order valence-electron chi connectivity index (χ1n) is 9.77. The van der Waals surface area contributed by atoms with Gasteiger partial charge in [0.1, 0.15) is 18.4 Å². The van der Waals surface area contributed by atoms with Gasteiger partial charge in [0.05, 0.1) is 12.6 Å². The Bertz CT molecular complexity index is 720. The molecule has 27 heavy (non-hydrogen) atoms. The smallest absolute Gasteiger partial charge is 0.279 e. The summed E-state index contributed by atoms with van der Waals surface area (Å²) in [4.78, 5) is 25.9. The van der Waals surface area contributed by atoms with Crippen molar-refractivity contribution >= 4 is 22.9 Å². The molecule has 4 rings (SSSR count). The molecule has 2 heterocycles. The molecule has 0 aromatic heterocycles. The Labute approximate surface area is 163 Å². The number of hydrogen-bond acceptors (Lipinski definition) is 5. The van der Waals surface area contributed by atoms with Crippen molar-refractivity contribution in [2.75, 3.05) is 18.9 Å². The van der Waals surface area contributed by atoms with E-state index in [9.17, 15) is 14.7 Å². The Kier molecular flexibility index (Phi) is 5.59. The maximum atomic E-state index is 12.8. The Hall–Kier alpha value is -1.73. The zero-order valence-electron chi connectivity index (χ0n) is 15.4. The predicted octanol–water partition coefficient (Wildman–Crippen LogP) is 2.85. The van der Waals surface area contributed by atoms with Gasteiger partial charge in [0.2, 0.25) is 5.91 Å². The summed E-state index contributed by atoms with van der Waals surface area (Å²) in [6.07, 6.45) is 5.30. The van der Waals surface area contributed by atoms with Crippen molar-refractivity contribution < 1.29 is 19.4 Å². The molecule has 2 atom stereocenters. The number of ether oxygens (including phenoxy) is 1. The van der Waals surface area contributed by atoms with Crippen LogP contribution in [0.25, 0.3) is 0 Å². The van der Waals surface area contributed by atoms with Gasteiger partial charge in [0, 0.05) is 17.9 Å². The number of nitrogens with zero attached hydrogens (tertiary/aromatic N) is 1. The highest BCUT2D eigenvalue weighted by atomic mass is 32.2. The van der Waals surface area contributed by atoms with Crippen molar-refractivity contribution in [3.8, 4) is 5.75 Å². The third-order valence-electron chi connectivity index (χ3n) is 5.79. The second-order valence-electron chi connectivity index (χ2n) is 7.61. The Morgan fingerprint density at radius 2 is 2.11 bits per heavy atom. The van der Waals surface area contributed by atoms with E-state index in [0.717, 1.165) is 41.5 Å². The molecule has 3 aliphatic rings. The lowest BCUT2D eigenvalue weighted by molar-refractivity contribution is -0.133. The number of aliphatic hydroxyl groups is 1. The normalized spacial score (nSPS) is 24.6. The number of benzene rings is 1. The van der Waals surface area contributed by atoms with Gasteiger partial charge in [-0.15, -0.1) is 0 Å². The van der Waals surface area contributed by atoms with Crippen molar-refractivity contribution in [1.82, 2.24) is 10.2 Å². The Balaban J connectivity index is 1.50. The minimum atomic E-state index is -0.464. The van der Waals surface area contributed by atoms with Crippen LogP contribution in [-0.4, -0.2) is 46.1 Å². The quantitative estimate of drug-likeness (QED) is 0.830. The Morgan fingerprint density at radius 3 is 2.85 bits per heavy atom. The van der Waals surface area contributed by atoms with Gasteiger partial charge in [-0.05, 0) is 36.5 Å². The second kappa shape index (κ2) is 8.10. The molecule has 2 aliphatic heterocycles. The molecule has 146 valence electrons. The fourth-order valence-electron chi connectivity index (χ4n) is 4.25. The minimum Gasteiger partial charge on any atom is -0.491 e. The van der Waals surface area contributed by atoms with E-state index < -0.39 is 12.1 Å². The first-order valence-corrected chi connectivity index (χ1v) is 10.8. The van der Waals surface area contributed by atoms with Crippen molar-refractivity contribution in [2.45, 2.75) is 50.8 Å². The Morgan fingerprint density at radius 1 is 1.30 bits per heavy atom. The maximum Gasteiger partial charge on any atom is 0.279 e. The number of fused-ring (bicyclic) bond motifs is 1. The summed E-state index contributed by atoms with van der Waals surface area (Å²) in [7, 11) is 0. The van der Waals surface area contributed by atoms with E-state index in [0.29, 0.717) is 31.4 Å². The molecule has 1 saturated carbocycles. The van der Waals surface area contributed by atoms with Crippen LogP contribution in [0.5, 0.6) is 5.75 Å². The maximum absolute atomic E-state index is 12.8. The zero-order chi connectivity index (χ0) is 18.8. The van der Waals surface area contributed by atoms with E-state index in [4.69, 9.17) is 4.74 Å². The summed E-state index contributed by atoms with van der Waals surface area (Å²) in [5.74, 6) is 1.49. The number of hydrogen-bond donors (Lipinski definition) is 2. The lowest BCUT2D eigenvalue weighted by atomic mass is 9.82. The van der Waals surface area contributed by atoms with Crippen LogP contribution >= 0.6 is 11.8 Å². The molecule has 2 amide bonds. The van der Waals surface area contributed by atoms with Gasteiger partial charge in [-0.1, -0.05) is 37.1 Å². The van der Waals surface area contributed by atoms with Gasteiger partial charge in [-0.25, -0.2) is 0 Å². The van der Waals surface area contributed by atoms with Gasteiger partial charge in [0.15, 0.2) is 0 Å². The molecule has 7 heteroatoms. The zero-order valence-corrected chi connectivity index (χ0v) is 16.2. The van der Waals surface area contributed by atoms with Gasteiger partial charge >= 0.3 is 0 Å². The number of thioether (sulfide) groups is 1. The van der Waals surface area contributed by atoms with Crippen LogP contribution in [0.1, 0.15) is 49.3 Å². The molecule has 2 N–H and O–H groups in total. The molecular formula is C20H26N2O4S. The molecule has 0 bridgehead atoms. The molecule has 1 aliphatic carbocycles. The number of carbonyl (C=O) groups is 2. The molecule has 0 radical (unpaired) electrons. The van der Waals surface area contributed by atoms with Crippen molar-refractivity contribution in [3.63, 3.8) is 0 Å². The highest BCUT2D eigenvalue weighted by Gasteiger charge is 2.33. The molecule has 0 spiro atoms. The lowest BCUT2D eigenvalue weighted by Gasteiger charge is -2.27. The molecule has 6 nitrogen and oxygen atoms in total. The van der Waals surface area contributed by atoms with Gasteiger partial charge in [-0.3, -0.25) is 9.59 Å². The van der Waals surface area contributed by atoms with Crippen LogP contribution in [0.2, 0.25) is 0 Å². The molecular weight excluding hydrogens is 364 g/mol. The summed E-state index contributed by atoms with van der Waals surface area (Å²) in [5, 5.41) is 13.4. The molecule has 1 aromatic carbocycles. The average molecular weight is 391 g/mol. The number of amides is 2. The van der Waals surface area contributed by atoms with E-state index in [1.807, 2.05) is 18.2 Å². The van der Waals surface area contributed by atoms with E-state index >= 15 is 0 Å². The highest BCUT2D eigenvalue weighted by molar-refractivity contribution is 8.14. The van der Waals surface area contributed by atoms with Crippen LogP contribution in [-0.2, 0) is 11.3 Å². The third kappa shape index (κ3) is 4.09. The number of rotatable bonds is 3. The molecule has 1 saturated heterocycles. The summed E-state index contributed by atoms with van der Waals surface area (Å²) in [5.41, 5.74) is 1.83. The SMILES string of the molecule is O=C1N[C@H](C(=O)N2CCOc3ccc(C(O)C4CCCCC4)cc3C2)CS1. The fourth-order valence-corrected chi connectivity index (χ4v) is 5.02. The van der Waals surface area contributed by atoms with Crippen LogP contribution in [0.15, 0.2) is 18.2 Å². The number of aliphatic hydroxyl groups excluding tert-OH is 1. The first kappa shape index (κ1) is 18.6. The van der Waals surface area contributed by atoms with Crippen molar-refractivity contribution in [3.05, 3.63) is 29.3 Å². The second-order valence-corrected chi connectivity index (χ2v) is 8.61. The van der Waals surface area contributed by atoms with Gasteiger partial charge in [-0.2, -0.15) is 0 Å². The number of carbonyl (C=O) groups excluding carboxylic acids is 2. The van der Waals surface area contributed by atoms with E-state index in [1.165, 1.54) is 19.3 Å². The molecule has 1 aromatic rings. The van der Waals surface area contributed by atoms with Crippen LogP contribution in [0, 0.1) is 5.92 Å². The third-order valence-corrected chi connectivity index (χ3v) is 6.67. The summed E-state index contributed by atoms with van der Waals surface area (Å²) < 4.78 is 5.82. The van der Waals surface area contributed by atoms with Crippen LogP contribution in [0.3, 0.4) is 0 Å².